The molecular weight excluding hydrogens is 368 g/mol. The zero-order valence-electron chi connectivity index (χ0n) is 18.0. The van der Waals surface area contributed by atoms with Crippen LogP contribution in [0.15, 0.2) is 23.3 Å². The summed E-state index contributed by atoms with van der Waals surface area (Å²) in [4.78, 5) is 24.1. The minimum atomic E-state index is -1.55. The van der Waals surface area contributed by atoms with Crippen molar-refractivity contribution in [3.05, 3.63) is 23.3 Å². The van der Waals surface area contributed by atoms with Gasteiger partial charge in [0.1, 0.15) is 5.60 Å². The van der Waals surface area contributed by atoms with Gasteiger partial charge in [-0.1, -0.05) is 31.6 Å². The van der Waals surface area contributed by atoms with E-state index in [9.17, 15) is 19.8 Å². The van der Waals surface area contributed by atoms with Gasteiger partial charge in [-0.3, -0.25) is 9.59 Å². The number of allylic oxidation sites excluding steroid dienone is 4. The van der Waals surface area contributed by atoms with Crippen LogP contribution in [-0.4, -0.2) is 40.3 Å². The van der Waals surface area contributed by atoms with Crippen molar-refractivity contribution in [2.75, 3.05) is 6.61 Å². The van der Waals surface area contributed by atoms with Crippen molar-refractivity contribution < 1.29 is 24.5 Å². The van der Waals surface area contributed by atoms with E-state index < -0.39 is 35.5 Å². The van der Waals surface area contributed by atoms with Gasteiger partial charge < -0.3 is 14.9 Å². The second kappa shape index (κ2) is 6.78. The van der Waals surface area contributed by atoms with Gasteiger partial charge in [-0.25, -0.2) is 0 Å². The predicted octanol–water partition coefficient (Wildman–Crippen LogP) is 3.34. The molecule has 29 heavy (non-hydrogen) atoms. The average Bonchev–Trinajstić information content (AvgIpc) is 2.91. The Morgan fingerprint density at radius 2 is 2.00 bits per heavy atom. The summed E-state index contributed by atoms with van der Waals surface area (Å²) in [5, 5.41) is 22.9. The van der Waals surface area contributed by atoms with E-state index in [1.54, 1.807) is 0 Å². The van der Waals surface area contributed by atoms with Crippen LogP contribution in [0, 0.1) is 28.6 Å². The lowest BCUT2D eigenvalue weighted by atomic mass is 9.46. The fraction of sp³-hybridized carbons (Fsp3) is 0.750. The Morgan fingerprint density at radius 3 is 2.69 bits per heavy atom. The van der Waals surface area contributed by atoms with Crippen LogP contribution in [0.4, 0.5) is 0 Å². The van der Waals surface area contributed by atoms with Gasteiger partial charge in [0.2, 0.25) is 5.78 Å². The zero-order valence-corrected chi connectivity index (χ0v) is 18.0. The van der Waals surface area contributed by atoms with Crippen molar-refractivity contribution in [3.63, 3.8) is 0 Å². The van der Waals surface area contributed by atoms with Crippen LogP contribution in [0.2, 0.25) is 0 Å². The van der Waals surface area contributed by atoms with Gasteiger partial charge in [-0.2, -0.15) is 0 Å². The first-order chi connectivity index (χ1) is 13.5. The highest BCUT2D eigenvalue weighted by atomic mass is 16.5. The number of esters is 1. The third-order valence-electron chi connectivity index (χ3n) is 8.92. The third kappa shape index (κ3) is 2.88. The number of ether oxygens (including phenoxy) is 1. The Labute approximate surface area is 173 Å². The van der Waals surface area contributed by atoms with E-state index in [1.807, 2.05) is 6.92 Å². The minimum Gasteiger partial charge on any atom is -0.458 e. The van der Waals surface area contributed by atoms with E-state index in [2.05, 4.69) is 26.0 Å². The summed E-state index contributed by atoms with van der Waals surface area (Å²) < 4.78 is 4.91. The molecule has 0 aromatic carbocycles. The molecule has 0 unspecified atom stereocenters. The lowest BCUT2D eigenvalue weighted by Gasteiger charge is -2.59. The van der Waals surface area contributed by atoms with Crippen molar-refractivity contribution in [1.29, 1.82) is 0 Å². The van der Waals surface area contributed by atoms with Crippen LogP contribution in [0.5, 0.6) is 0 Å². The molecule has 0 saturated heterocycles. The van der Waals surface area contributed by atoms with Gasteiger partial charge in [0.15, 0.2) is 6.61 Å². The molecule has 0 radical (unpaired) electrons. The Kier molecular flexibility index (Phi) is 4.86. The fourth-order valence-electron chi connectivity index (χ4n) is 7.35. The number of rotatable bonds is 3. The molecule has 4 aliphatic carbocycles. The molecule has 0 bridgehead atoms. The maximum Gasteiger partial charge on any atom is 0.303 e. The molecule has 160 valence electrons. The molecule has 5 heteroatoms. The largest absolute Gasteiger partial charge is 0.458 e. The lowest BCUT2D eigenvalue weighted by molar-refractivity contribution is -0.181. The Morgan fingerprint density at radius 1 is 1.28 bits per heavy atom. The summed E-state index contributed by atoms with van der Waals surface area (Å²) in [7, 11) is 0. The number of fused-ring (bicyclic) bond motifs is 5. The van der Waals surface area contributed by atoms with E-state index >= 15 is 0 Å². The molecule has 2 N–H and O–H groups in total. The quantitative estimate of drug-likeness (QED) is 0.708. The number of aliphatic hydroxyl groups is 2. The van der Waals surface area contributed by atoms with Crippen molar-refractivity contribution in [2.24, 2.45) is 28.6 Å². The van der Waals surface area contributed by atoms with Gasteiger partial charge in [0.25, 0.3) is 0 Å². The molecule has 2 fully saturated rings. The third-order valence-corrected chi connectivity index (χ3v) is 8.92. The molecule has 4 rings (SSSR count). The molecule has 0 amide bonds. The van der Waals surface area contributed by atoms with Gasteiger partial charge >= 0.3 is 5.97 Å². The van der Waals surface area contributed by atoms with Crippen LogP contribution in [-0.2, 0) is 14.3 Å². The smallest absolute Gasteiger partial charge is 0.303 e. The average molecular weight is 403 g/mol. The SMILES string of the molecule is CC(=O)OCC(=O)[C@@]1(O)CC[C@H]2[C@@H]3CC=C4C=C(C)CC[C@]4(C)[C@H]3[C@@H](O)C[C@@]21C. The monoisotopic (exact) mass is 402 g/mol. The first kappa shape index (κ1) is 20.8. The van der Waals surface area contributed by atoms with Crippen molar-refractivity contribution in [2.45, 2.75) is 77.9 Å². The highest BCUT2D eigenvalue weighted by Crippen LogP contribution is 2.67. The van der Waals surface area contributed by atoms with Crippen LogP contribution in [0.1, 0.15) is 66.2 Å². The zero-order chi connectivity index (χ0) is 21.2. The lowest BCUT2D eigenvalue weighted by Crippen LogP contribution is -2.61. The molecule has 0 aromatic heterocycles. The van der Waals surface area contributed by atoms with E-state index in [4.69, 9.17) is 4.74 Å². The summed E-state index contributed by atoms with van der Waals surface area (Å²) in [6.07, 6.45) is 8.59. The van der Waals surface area contributed by atoms with Crippen LogP contribution < -0.4 is 0 Å². The van der Waals surface area contributed by atoms with Gasteiger partial charge in [0, 0.05) is 12.3 Å². The first-order valence-corrected chi connectivity index (χ1v) is 11.0. The van der Waals surface area contributed by atoms with Crippen LogP contribution in [0.25, 0.3) is 0 Å². The molecule has 0 spiro atoms. The number of hydrogen-bond acceptors (Lipinski definition) is 5. The second-order valence-electron chi connectivity index (χ2n) is 10.4. The maximum atomic E-state index is 12.9. The van der Waals surface area contributed by atoms with Crippen LogP contribution in [0.3, 0.4) is 0 Å². The standard InChI is InChI=1S/C24H34O5/c1-14-7-9-22(3)16(11-14)5-6-17-18-8-10-24(28,20(27)13-29-15(2)25)23(18,4)12-19(26)21(17)22/h5,11,17-19,21,26,28H,6-10,12-13H2,1-4H3/t17-,18-,19-,21+,22-,23-,24-/m0/s1. The van der Waals surface area contributed by atoms with E-state index in [1.165, 1.54) is 18.1 Å². The number of hydrogen-bond donors (Lipinski definition) is 2. The van der Waals surface area contributed by atoms with Crippen molar-refractivity contribution in [1.82, 2.24) is 0 Å². The van der Waals surface area contributed by atoms with Gasteiger partial charge in [-0.05, 0) is 74.2 Å². The van der Waals surface area contributed by atoms with E-state index in [-0.39, 0.29) is 23.2 Å². The van der Waals surface area contributed by atoms with Gasteiger partial charge in [0.05, 0.1) is 6.10 Å². The number of Topliss-reactive ketones (excluding diaryl/α,β-unsaturated/α-hetero) is 1. The molecular formula is C24H34O5. The van der Waals surface area contributed by atoms with E-state index in [0.29, 0.717) is 12.8 Å². The summed E-state index contributed by atoms with van der Waals surface area (Å²) in [6.45, 7) is 7.29. The first-order valence-electron chi connectivity index (χ1n) is 11.0. The Hall–Kier alpha value is -1.46. The van der Waals surface area contributed by atoms with Gasteiger partial charge in [-0.15, -0.1) is 0 Å². The molecule has 7 atom stereocenters. The summed E-state index contributed by atoms with van der Waals surface area (Å²) >= 11 is 0. The Bertz CT molecular complexity index is 797. The minimum absolute atomic E-state index is 0.0500. The molecule has 5 nitrogen and oxygen atoms in total. The van der Waals surface area contributed by atoms with Crippen molar-refractivity contribution >= 4 is 11.8 Å². The number of ketones is 1. The molecule has 0 aromatic rings. The normalized spacial score (nSPS) is 46.0. The summed E-state index contributed by atoms with van der Waals surface area (Å²) in [5.41, 5.74) is 0.448. The predicted molar refractivity (Wildman–Crippen MR) is 109 cm³/mol. The number of carbonyl (C=O) groups is 2. The fourth-order valence-corrected chi connectivity index (χ4v) is 7.35. The highest BCUT2D eigenvalue weighted by Gasteiger charge is 2.67. The summed E-state index contributed by atoms with van der Waals surface area (Å²) in [6, 6.07) is 0. The highest BCUT2D eigenvalue weighted by molar-refractivity contribution is 5.91. The van der Waals surface area contributed by atoms with Crippen LogP contribution >= 0.6 is 0 Å². The Balaban J connectivity index is 1.67. The maximum absolute atomic E-state index is 12.9. The van der Waals surface area contributed by atoms with Crippen molar-refractivity contribution in [3.8, 4) is 0 Å². The summed E-state index contributed by atoms with van der Waals surface area (Å²) in [5.74, 6) is -0.388. The second-order valence-corrected chi connectivity index (χ2v) is 10.4. The topological polar surface area (TPSA) is 83.8 Å². The molecule has 4 aliphatic rings. The van der Waals surface area contributed by atoms with E-state index in [0.717, 1.165) is 25.7 Å². The number of carbonyl (C=O) groups excluding carboxylic acids is 2. The molecule has 0 aliphatic heterocycles. The molecule has 0 heterocycles. The number of aliphatic hydroxyl groups excluding tert-OH is 1. The molecule has 2 saturated carbocycles.